The molecule has 0 rings (SSSR count). The topological polar surface area (TPSA) is 64.6 Å². The number of ether oxygens (including phenoxy) is 2. The molecular weight excluding hydrogens is 282 g/mol. The van der Waals surface area contributed by atoms with E-state index in [4.69, 9.17) is 9.47 Å². The van der Waals surface area contributed by atoms with E-state index in [1.54, 1.807) is 0 Å². The summed E-state index contributed by atoms with van der Waals surface area (Å²) in [5.41, 5.74) is 0. The van der Waals surface area contributed by atoms with Crippen LogP contribution in [0.15, 0.2) is 12.7 Å². The zero-order chi connectivity index (χ0) is 16.8. The van der Waals surface area contributed by atoms with Crippen LogP contribution in [0.2, 0.25) is 0 Å². The SMILES string of the molecule is C=CCOC(=O)NC(C(=O)OCCCCCCC)C(C)CC. The predicted octanol–water partition coefficient (Wildman–Crippen LogP) is 3.83. The molecule has 0 heterocycles. The maximum atomic E-state index is 12.1. The van der Waals surface area contributed by atoms with E-state index < -0.39 is 12.1 Å². The first-order chi connectivity index (χ1) is 10.6. The Morgan fingerprint density at radius 2 is 1.82 bits per heavy atom. The van der Waals surface area contributed by atoms with Crippen LogP contribution in [0.5, 0.6) is 0 Å². The van der Waals surface area contributed by atoms with Crippen LogP contribution >= 0.6 is 0 Å². The second-order valence-electron chi connectivity index (χ2n) is 5.48. The minimum atomic E-state index is -0.669. The van der Waals surface area contributed by atoms with Gasteiger partial charge >= 0.3 is 12.1 Å². The minimum absolute atomic E-state index is 0.0103. The molecule has 0 aliphatic carbocycles. The van der Waals surface area contributed by atoms with E-state index in [0.717, 1.165) is 25.7 Å². The standard InChI is InChI=1S/C17H31NO4/c1-5-8-9-10-11-13-21-16(19)15(14(4)7-3)18-17(20)22-12-6-2/h6,14-15H,2,5,7-13H2,1,3-4H3,(H,18,20). The van der Waals surface area contributed by atoms with Crippen molar-refractivity contribution in [2.45, 2.75) is 65.3 Å². The summed E-state index contributed by atoms with van der Waals surface area (Å²) < 4.78 is 10.1. The predicted molar refractivity (Wildman–Crippen MR) is 87.6 cm³/mol. The molecule has 0 aromatic rings. The summed E-state index contributed by atoms with van der Waals surface area (Å²) in [4.78, 5) is 23.7. The number of alkyl carbamates (subject to hydrolysis) is 1. The quantitative estimate of drug-likeness (QED) is 0.338. The Hall–Kier alpha value is -1.52. The first kappa shape index (κ1) is 20.5. The summed E-state index contributed by atoms with van der Waals surface area (Å²) in [6.07, 6.45) is 7.10. The lowest BCUT2D eigenvalue weighted by Crippen LogP contribution is -2.46. The first-order valence-corrected chi connectivity index (χ1v) is 8.27. The molecule has 2 unspecified atom stereocenters. The number of carbonyl (C=O) groups is 2. The Labute approximate surface area is 134 Å². The van der Waals surface area contributed by atoms with Crippen molar-refractivity contribution in [2.75, 3.05) is 13.2 Å². The molecule has 0 fully saturated rings. The Morgan fingerprint density at radius 3 is 2.41 bits per heavy atom. The summed E-state index contributed by atoms with van der Waals surface area (Å²) in [6, 6.07) is -0.669. The fourth-order valence-corrected chi connectivity index (χ4v) is 1.94. The molecule has 5 heteroatoms. The van der Waals surface area contributed by atoms with Crippen molar-refractivity contribution in [3.05, 3.63) is 12.7 Å². The lowest BCUT2D eigenvalue weighted by atomic mass is 9.99. The number of nitrogens with one attached hydrogen (secondary N) is 1. The normalized spacial score (nSPS) is 13.0. The molecule has 0 radical (unpaired) electrons. The zero-order valence-electron chi connectivity index (χ0n) is 14.2. The van der Waals surface area contributed by atoms with Gasteiger partial charge in [0.2, 0.25) is 0 Å². The summed E-state index contributed by atoms with van der Waals surface area (Å²) in [7, 11) is 0. The van der Waals surface area contributed by atoms with E-state index in [-0.39, 0.29) is 18.5 Å². The minimum Gasteiger partial charge on any atom is -0.464 e. The number of carbonyl (C=O) groups excluding carboxylic acids is 2. The van der Waals surface area contributed by atoms with Crippen molar-refractivity contribution in [3.63, 3.8) is 0 Å². The average molecular weight is 313 g/mol. The smallest absolute Gasteiger partial charge is 0.408 e. The van der Waals surface area contributed by atoms with E-state index in [1.165, 1.54) is 18.9 Å². The van der Waals surface area contributed by atoms with E-state index in [2.05, 4.69) is 18.8 Å². The van der Waals surface area contributed by atoms with Crippen molar-refractivity contribution in [1.29, 1.82) is 0 Å². The van der Waals surface area contributed by atoms with Crippen molar-refractivity contribution < 1.29 is 19.1 Å². The van der Waals surface area contributed by atoms with Gasteiger partial charge in [0, 0.05) is 0 Å². The van der Waals surface area contributed by atoms with Gasteiger partial charge in [-0.05, 0) is 12.3 Å². The van der Waals surface area contributed by atoms with E-state index >= 15 is 0 Å². The molecule has 0 aromatic carbocycles. The van der Waals surface area contributed by atoms with Gasteiger partial charge in [0.05, 0.1) is 6.61 Å². The summed E-state index contributed by atoms with van der Waals surface area (Å²) in [6.45, 7) is 10.0. The van der Waals surface area contributed by atoms with Crippen molar-refractivity contribution >= 4 is 12.1 Å². The molecule has 0 saturated heterocycles. The van der Waals surface area contributed by atoms with Gasteiger partial charge in [0.15, 0.2) is 0 Å². The Bertz CT molecular complexity index is 331. The molecule has 0 bridgehead atoms. The van der Waals surface area contributed by atoms with Gasteiger partial charge in [-0.3, -0.25) is 0 Å². The van der Waals surface area contributed by atoms with E-state index in [1.807, 2.05) is 13.8 Å². The molecule has 128 valence electrons. The van der Waals surface area contributed by atoms with Gasteiger partial charge in [-0.1, -0.05) is 65.5 Å². The Balaban J connectivity index is 4.22. The largest absolute Gasteiger partial charge is 0.464 e. The number of hydrogen-bond acceptors (Lipinski definition) is 4. The fraction of sp³-hybridized carbons (Fsp3) is 0.765. The highest BCUT2D eigenvalue weighted by Crippen LogP contribution is 2.11. The lowest BCUT2D eigenvalue weighted by molar-refractivity contribution is -0.147. The molecule has 0 aliphatic heterocycles. The molecule has 5 nitrogen and oxygen atoms in total. The highest BCUT2D eigenvalue weighted by atomic mass is 16.6. The van der Waals surface area contributed by atoms with Gasteiger partial charge in [0.25, 0.3) is 0 Å². The summed E-state index contributed by atoms with van der Waals surface area (Å²) in [5, 5.41) is 2.58. The van der Waals surface area contributed by atoms with Crippen LogP contribution in [-0.4, -0.2) is 31.3 Å². The van der Waals surface area contributed by atoms with E-state index in [9.17, 15) is 9.59 Å². The molecule has 0 aliphatic rings. The van der Waals surface area contributed by atoms with Gasteiger partial charge < -0.3 is 14.8 Å². The third-order valence-electron chi connectivity index (χ3n) is 3.56. The van der Waals surface area contributed by atoms with Crippen LogP contribution in [0.3, 0.4) is 0 Å². The van der Waals surface area contributed by atoms with Crippen LogP contribution in [0, 0.1) is 5.92 Å². The highest BCUT2D eigenvalue weighted by molar-refractivity contribution is 5.81. The van der Waals surface area contributed by atoms with Crippen LogP contribution in [0.25, 0.3) is 0 Å². The second kappa shape index (κ2) is 13.2. The van der Waals surface area contributed by atoms with Gasteiger partial charge in [0.1, 0.15) is 12.6 Å². The summed E-state index contributed by atoms with van der Waals surface area (Å²) >= 11 is 0. The lowest BCUT2D eigenvalue weighted by Gasteiger charge is -2.22. The Morgan fingerprint density at radius 1 is 1.14 bits per heavy atom. The molecule has 1 N–H and O–H groups in total. The number of rotatable bonds is 12. The monoisotopic (exact) mass is 313 g/mol. The molecular formula is C17H31NO4. The third-order valence-corrected chi connectivity index (χ3v) is 3.56. The molecule has 2 atom stereocenters. The summed E-state index contributed by atoms with van der Waals surface area (Å²) in [5.74, 6) is -0.399. The fourth-order valence-electron chi connectivity index (χ4n) is 1.94. The highest BCUT2D eigenvalue weighted by Gasteiger charge is 2.27. The van der Waals surface area contributed by atoms with Crippen molar-refractivity contribution in [2.24, 2.45) is 5.92 Å². The third kappa shape index (κ3) is 9.42. The first-order valence-electron chi connectivity index (χ1n) is 8.27. The number of unbranched alkanes of at least 4 members (excludes halogenated alkanes) is 4. The molecule has 0 aromatic heterocycles. The maximum absolute atomic E-state index is 12.1. The van der Waals surface area contributed by atoms with Crippen molar-refractivity contribution in [1.82, 2.24) is 5.32 Å². The van der Waals surface area contributed by atoms with Crippen LogP contribution in [-0.2, 0) is 14.3 Å². The van der Waals surface area contributed by atoms with Gasteiger partial charge in [-0.15, -0.1) is 0 Å². The molecule has 22 heavy (non-hydrogen) atoms. The van der Waals surface area contributed by atoms with Crippen LogP contribution < -0.4 is 5.32 Å². The maximum Gasteiger partial charge on any atom is 0.408 e. The molecule has 0 spiro atoms. The number of hydrogen-bond donors (Lipinski definition) is 1. The van der Waals surface area contributed by atoms with Crippen molar-refractivity contribution in [3.8, 4) is 0 Å². The number of amides is 1. The van der Waals surface area contributed by atoms with Crippen LogP contribution in [0.1, 0.15) is 59.3 Å². The zero-order valence-corrected chi connectivity index (χ0v) is 14.2. The second-order valence-corrected chi connectivity index (χ2v) is 5.48. The van der Waals surface area contributed by atoms with Gasteiger partial charge in [-0.25, -0.2) is 9.59 Å². The van der Waals surface area contributed by atoms with Crippen LogP contribution in [0.4, 0.5) is 4.79 Å². The molecule has 1 amide bonds. The number of esters is 1. The van der Waals surface area contributed by atoms with E-state index in [0.29, 0.717) is 6.61 Å². The molecule has 0 saturated carbocycles. The van der Waals surface area contributed by atoms with Gasteiger partial charge in [-0.2, -0.15) is 0 Å². The Kier molecular flexibility index (Phi) is 12.3. The average Bonchev–Trinajstić information content (AvgIpc) is 2.52.